The highest BCUT2D eigenvalue weighted by molar-refractivity contribution is 7.90. The first kappa shape index (κ1) is 17.1. The molecule has 0 spiro atoms. The largest absolute Gasteiger partial charge is 0.320 e. The third kappa shape index (κ3) is 5.48. The molecule has 0 aliphatic heterocycles. The lowest BCUT2D eigenvalue weighted by Gasteiger charge is -2.12. The molecule has 1 atom stereocenters. The summed E-state index contributed by atoms with van der Waals surface area (Å²) >= 11 is 0. The molecule has 1 rings (SSSR count). The number of carbonyl (C=O) groups excluding carboxylic acids is 1. The number of sulfone groups is 1. The molecule has 0 aliphatic rings. The lowest BCUT2D eigenvalue weighted by molar-refractivity contribution is -0.384. The fourth-order valence-electron chi connectivity index (χ4n) is 1.60. The van der Waals surface area contributed by atoms with E-state index < -0.39 is 26.7 Å². The topological polar surface area (TPSA) is 132 Å². The van der Waals surface area contributed by atoms with Crippen molar-refractivity contribution in [2.75, 3.05) is 17.3 Å². The number of anilines is 1. The van der Waals surface area contributed by atoms with Gasteiger partial charge in [0.05, 0.1) is 16.7 Å². The molecule has 0 saturated heterocycles. The van der Waals surface area contributed by atoms with E-state index in [2.05, 4.69) is 5.32 Å². The van der Waals surface area contributed by atoms with Gasteiger partial charge in [0.15, 0.2) is 0 Å². The summed E-state index contributed by atoms with van der Waals surface area (Å²) in [5.74, 6) is -0.886. The zero-order valence-corrected chi connectivity index (χ0v) is 12.5. The van der Waals surface area contributed by atoms with E-state index in [1.165, 1.54) is 12.1 Å². The van der Waals surface area contributed by atoms with E-state index in [0.717, 1.165) is 6.26 Å². The molecule has 0 saturated carbocycles. The third-order valence-corrected chi connectivity index (χ3v) is 3.72. The van der Waals surface area contributed by atoms with Crippen LogP contribution in [0.25, 0.3) is 0 Å². The summed E-state index contributed by atoms with van der Waals surface area (Å²) in [6.07, 6.45) is 0.993. The maximum atomic E-state index is 11.8. The maximum Gasteiger partial charge on any atom is 0.293 e. The lowest BCUT2D eigenvalue weighted by Crippen LogP contribution is -2.37. The first-order valence-electron chi connectivity index (χ1n) is 6.09. The molecule has 0 aliphatic carbocycles. The molecule has 1 unspecified atom stereocenters. The van der Waals surface area contributed by atoms with Gasteiger partial charge in [-0.2, -0.15) is 0 Å². The van der Waals surface area contributed by atoms with Crippen LogP contribution in [-0.2, 0) is 14.6 Å². The number of aryl methyl sites for hydroxylation is 1. The second-order valence-electron chi connectivity index (χ2n) is 4.79. The molecule has 3 N–H and O–H groups in total. The minimum atomic E-state index is -3.22. The van der Waals surface area contributed by atoms with Gasteiger partial charge in [-0.25, -0.2) is 8.42 Å². The van der Waals surface area contributed by atoms with Gasteiger partial charge in [-0.1, -0.05) is 6.07 Å². The average molecular weight is 315 g/mol. The first-order chi connectivity index (χ1) is 9.60. The maximum absolute atomic E-state index is 11.8. The molecule has 8 nitrogen and oxygen atoms in total. The minimum Gasteiger partial charge on any atom is -0.320 e. The summed E-state index contributed by atoms with van der Waals surface area (Å²) < 4.78 is 22.0. The average Bonchev–Trinajstić information content (AvgIpc) is 2.36. The molecule has 0 radical (unpaired) electrons. The Balaban J connectivity index is 2.81. The van der Waals surface area contributed by atoms with Crippen LogP contribution in [-0.4, -0.2) is 37.3 Å². The molecular weight excluding hydrogens is 298 g/mol. The van der Waals surface area contributed by atoms with Crippen LogP contribution in [0, 0.1) is 17.0 Å². The highest BCUT2D eigenvalue weighted by Gasteiger charge is 2.20. The van der Waals surface area contributed by atoms with Gasteiger partial charge in [0, 0.05) is 12.3 Å². The van der Waals surface area contributed by atoms with Crippen molar-refractivity contribution >= 4 is 27.1 Å². The number of amides is 1. The third-order valence-electron chi connectivity index (χ3n) is 2.74. The SMILES string of the molecule is Cc1ccc(NC(=O)C(N)CCS(C)(=O)=O)c([N+](=O)[O-])c1. The van der Waals surface area contributed by atoms with E-state index in [9.17, 15) is 23.3 Å². The normalized spacial score (nSPS) is 12.7. The van der Waals surface area contributed by atoms with E-state index >= 15 is 0 Å². The Morgan fingerprint density at radius 3 is 2.62 bits per heavy atom. The second kappa shape index (κ2) is 6.64. The summed E-state index contributed by atoms with van der Waals surface area (Å²) in [6.45, 7) is 1.69. The van der Waals surface area contributed by atoms with Gasteiger partial charge in [-0.3, -0.25) is 14.9 Å². The van der Waals surface area contributed by atoms with Crippen LogP contribution in [0.2, 0.25) is 0 Å². The number of nitro benzene ring substituents is 1. The fourth-order valence-corrected chi connectivity index (χ4v) is 2.28. The Kier molecular flexibility index (Phi) is 5.39. The van der Waals surface area contributed by atoms with Crippen LogP contribution < -0.4 is 11.1 Å². The van der Waals surface area contributed by atoms with Crippen molar-refractivity contribution in [3.63, 3.8) is 0 Å². The minimum absolute atomic E-state index is 0.0328. The summed E-state index contributed by atoms with van der Waals surface area (Å²) in [5.41, 5.74) is 6.06. The number of nitro groups is 1. The van der Waals surface area contributed by atoms with E-state index in [1.54, 1.807) is 13.0 Å². The molecule has 116 valence electrons. The fraction of sp³-hybridized carbons (Fsp3) is 0.417. The van der Waals surface area contributed by atoms with Crippen molar-refractivity contribution in [1.82, 2.24) is 0 Å². The van der Waals surface area contributed by atoms with E-state index in [1.807, 2.05) is 0 Å². The monoisotopic (exact) mass is 315 g/mol. The summed E-state index contributed by atoms with van der Waals surface area (Å²) in [6, 6.07) is 3.30. The molecular formula is C12H17N3O5S. The van der Waals surface area contributed by atoms with Crippen molar-refractivity contribution in [2.45, 2.75) is 19.4 Å². The van der Waals surface area contributed by atoms with Gasteiger partial charge in [0.1, 0.15) is 15.5 Å². The summed E-state index contributed by atoms with van der Waals surface area (Å²) in [4.78, 5) is 22.2. The number of hydrogen-bond donors (Lipinski definition) is 2. The zero-order valence-electron chi connectivity index (χ0n) is 11.7. The van der Waals surface area contributed by atoms with Crippen molar-refractivity contribution in [1.29, 1.82) is 0 Å². The quantitative estimate of drug-likeness (QED) is 0.583. The van der Waals surface area contributed by atoms with Crippen molar-refractivity contribution in [3.05, 3.63) is 33.9 Å². The highest BCUT2D eigenvalue weighted by Crippen LogP contribution is 2.25. The smallest absolute Gasteiger partial charge is 0.293 e. The number of nitrogens with zero attached hydrogens (tertiary/aromatic N) is 1. The van der Waals surface area contributed by atoms with Crippen LogP contribution in [0.1, 0.15) is 12.0 Å². The van der Waals surface area contributed by atoms with E-state index in [4.69, 9.17) is 5.73 Å². The molecule has 1 amide bonds. The zero-order chi connectivity index (χ0) is 16.2. The Labute approximate surface area is 122 Å². The molecule has 9 heteroatoms. The van der Waals surface area contributed by atoms with Gasteiger partial charge >= 0.3 is 0 Å². The molecule has 0 heterocycles. The molecule has 0 bridgehead atoms. The lowest BCUT2D eigenvalue weighted by atomic mass is 10.1. The van der Waals surface area contributed by atoms with Crippen LogP contribution in [0.4, 0.5) is 11.4 Å². The number of nitrogens with two attached hydrogens (primary N) is 1. The molecule has 1 aromatic carbocycles. The Morgan fingerprint density at radius 1 is 1.48 bits per heavy atom. The molecule has 0 fully saturated rings. The second-order valence-corrected chi connectivity index (χ2v) is 7.05. The molecule has 21 heavy (non-hydrogen) atoms. The van der Waals surface area contributed by atoms with Gasteiger partial charge in [-0.05, 0) is 25.0 Å². The van der Waals surface area contributed by atoms with Crippen LogP contribution >= 0.6 is 0 Å². The van der Waals surface area contributed by atoms with E-state index in [-0.39, 0.29) is 23.5 Å². The molecule has 0 aromatic heterocycles. The van der Waals surface area contributed by atoms with Gasteiger partial charge in [-0.15, -0.1) is 0 Å². The van der Waals surface area contributed by atoms with Gasteiger partial charge in [0.25, 0.3) is 5.69 Å². The predicted molar refractivity (Wildman–Crippen MR) is 78.8 cm³/mol. The number of rotatable bonds is 6. The number of hydrogen-bond acceptors (Lipinski definition) is 6. The Hall–Kier alpha value is -2.00. The number of carbonyl (C=O) groups is 1. The van der Waals surface area contributed by atoms with Crippen molar-refractivity contribution in [3.8, 4) is 0 Å². The molecule has 1 aromatic rings. The van der Waals surface area contributed by atoms with E-state index in [0.29, 0.717) is 5.56 Å². The number of nitrogens with one attached hydrogen (secondary N) is 1. The van der Waals surface area contributed by atoms with Crippen molar-refractivity contribution in [2.24, 2.45) is 5.73 Å². The Morgan fingerprint density at radius 2 is 2.10 bits per heavy atom. The summed E-state index contributed by atoms with van der Waals surface area (Å²) in [5, 5.41) is 13.3. The van der Waals surface area contributed by atoms with Crippen LogP contribution in [0.3, 0.4) is 0 Å². The standard InChI is InChI=1S/C12H17N3O5S/c1-8-3-4-10(11(7-8)15(17)18)14-12(16)9(13)5-6-21(2,19)20/h3-4,7,9H,5-6,13H2,1-2H3,(H,14,16). The van der Waals surface area contributed by atoms with Gasteiger partial charge in [0.2, 0.25) is 5.91 Å². The van der Waals surface area contributed by atoms with Gasteiger partial charge < -0.3 is 11.1 Å². The van der Waals surface area contributed by atoms with Crippen LogP contribution in [0.5, 0.6) is 0 Å². The van der Waals surface area contributed by atoms with Crippen molar-refractivity contribution < 1.29 is 18.1 Å². The number of benzene rings is 1. The Bertz CT molecular complexity index is 657. The highest BCUT2D eigenvalue weighted by atomic mass is 32.2. The van der Waals surface area contributed by atoms with Crippen LogP contribution in [0.15, 0.2) is 18.2 Å². The predicted octanol–water partition coefficient (Wildman–Crippen LogP) is 0.604. The first-order valence-corrected chi connectivity index (χ1v) is 8.15. The summed E-state index contributed by atoms with van der Waals surface area (Å²) in [7, 11) is -3.22.